The largest absolute Gasteiger partial charge is 0.456 e. The number of amides is 1. The lowest BCUT2D eigenvalue weighted by Gasteiger charge is -2.18. The average Bonchev–Trinajstić information content (AvgIpc) is 2.82. The number of thioether (sulfide) groups is 1. The molecule has 0 saturated carbocycles. The molecule has 3 aromatic carbocycles. The summed E-state index contributed by atoms with van der Waals surface area (Å²) in [6.07, 6.45) is 0.0875. The summed E-state index contributed by atoms with van der Waals surface area (Å²) in [5.74, 6) is -1.54. The molecule has 0 atom stereocenters. The first-order chi connectivity index (χ1) is 15.9. The van der Waals surface area contributed by atoms with Gasteiger partial charge in [0.25, 0.3) is 5.91 Å². The third-order valence-corrected chi connectivity index (χ3v) is 5.98. The van der Waals surface area contributed by atoms with Crippen molar-refractivity contribution in [3.05, 3.63) is 94.8 Å². The van der Waals surface area contributed by atoms with E-state index in [1.54, 1.807) is 36.4 Å². The van der Waals surface area contributed by atoms with Gasteiger partial charge in [0.05, 0.1) is 6.42 Å². The Labute approximate surface area is 193 Å². The van der Waals surface area contributed by atoms with Crippen LogP contribution in [0.15, 0.2) is 71.6 Å². The van der Waals surface area contributed by atoms with Crippen molar-refractivity contribution in [3.8, 4) is 0 Å². The number of benzene rings is 3. The molecule has 1 N–H and O–H groups in total. The van der Waals surface area contributed by atoms with Gasteiger partial charge in [-0.15, -0.1) is 11.8 Å². The van der Waals surface area contributed by atoms with E-state index in [1.807, 2.05) is 0 Å². The summed E-state index contributed by atoms with van der Waals surface area (Å²) in [6.45, 7) is -0.479. The predicted molar refractivity (Wildman–Crippen MR) is 121 cm³/mol. The van der Waals surface area contributed by atoms with Crippen LogP contribution in [0.4, 0.5) is 10.1 Å². The molecule has 0 bridgehead atoms. The van der Waals surface area contributed by atoms with Crippen molar-refractivity contribution < 1.29 is 28.3 Å². The summed E-state index contributed by atoms with van der Waals surface area (Å²) in [4.78, 5) is 50.3. The Hall–Kier alpha value is -3.78. The van der Waals surface area contributed by atoms with Crippen molar-refractivity contribution in [2.45, 2.75) is 11.3 Å². The van der Waals surface area contributed by atoms with Crippen molar-refractivity contribution in [2.75, 3.05) is 17.7 Å². The summed E-state index contributed by atoms with van der Waals surface area (Å²) >= 11 is 1.38. The fraction of sp³-hybridized carbons (Fsp3) is 0.120. The molecule has 1 amide bonds. The van der Waals surface area contributed by atoms with Crippen LogP contribution in [0.25, 0.3) is 0 Å². The number of nitrogens with one attached hydrogen (secondary N) is 1. The Kier molecular flexibility index (Phi) is 6.65. The molecule has 4 rings (SSSR count). The molecule has 0 spiro atoms. The van der Waals surface area contributed by atoms with Gasteiger partial charge >= 0.3 is 5.97 Å². The molecule has 33 heavy (non-hydrogen) atoms. The maximum Gasteiger partial charge on any atom is 0.307 e. The van der Waals surface area contributed by atoms with Crippen molar-refractivity contribution in [2.24, 2.45) is 0 Å². The second kappa shape index (κ2) is 9.79. The van der Waals surface area contributed by atoms with E-state index in [0.717, 1.165) is 4.90 Å². The van der Waals surface area contributed by atoms with Gasteiger partial charge in [0.2, 0.25) is 0 Å². The summed E-state index contributed by atoms with van der Waals surface area (Å²) in [7, 11) is 0. The Balaban J connectivity index is 1.29. The molecule has 0 radical (unpaired) electrons. The van der Waals surface area contributed by atoms with E-state index >= 15 is 0 Å². The van der Waals surface area contributed by atoms with E-state index in [1.165, 1.54) is 42.1 Å². The number of ether oxygens (including phenoxy) is 1. The summed E-state index contributed by atoms with van der Waals surface area (Å²) in [5, 5.41) is 2.57. The molecule has 6 nitrogen and oxygen atoms in total. The van der Waals surface area contributed by atoms with Gasteiger partial charge in [0.1, 0.15) is 5.82 Å². The Morgan fingerprint density at radius 2 is 1.48 bits per heavy atom. The average molecular weight is 463 g/mol. The summed E-state index contributed by atoms with van der Waals surface area (Å²) in [5.41, 5.74) is 1.50. The smallest absolute Gasteiger partial charge is 0.307 e. The molecule has 1 aliphatic carbocycles. The number of fused-ring (bicyclic) bond motifs is 2. The quantitative estimate of drug-likeness (QED) is 0.325. The van der Waals surface area contributed by atoms with Crippen molar-refractivity contribution in [1.29, 1.82) is 0 Å². The molecular formula is C25H18FNO5S. The topological polar surface area (TPSA) is 89.5 Å². The minimum absolute atomic E-state index is 0.0875. The van der Waals surface area contributed by atoms with Gasteiger partial charge in [-0.05, 0) is 42.5 Å². The Morgan fingerprint density at radius 3 is 2.18 bits per heavy atom. The van der Waals surface area contributed by atoms with Crippen molar-refractivity contribution in [1.82, 2.24) is 0 Å². The standard InChI is InChI=1S/C25H18FNO5S/c26-15-5-8-17(9-6-15)33-12-11-23(29)32-14-22(28)27-16-7-10-20-21(13-16)25(31)19-4-2-1-3-18(19)24(20)30/h1-10,13H,11-12,14H2,(H,27,28). The zero-order valence-electron chi connectivity index (χ0n) is 17.3. The number of esters is 1. The second-order valence-electron chi connectivity index (χ2n) is 7.23. The fourth-order valence-electron chi connectivity index (χ4n) is 3.38. The zero-order valence-corrected chi connectivity index (χ0v) is 18.1. The monoisotopic (exact) mass is 463 g/mol. The molecule has 0 aliphatic heterocycles. The molecule has 0 fully saturated rings. The SMILES string of the molecule is O=C(COC(=O)CCSc1ccc(F)cc1)Nc1ccc2c(c1)C(=O)c1ccccc1C2=O. The van der Waals surface area contributed by atoms with Gasteiger partial charge in [-0.3, -0.25) is 19.2 Å². The van der Waals surface area contributed by atoms with E-state index in [4.69, 9.17) is 4.74 Å². The van der Waals surface area contributed by atoms with Gasteiger partial charge in [-0.25, -0.2) is 4.39 Å². The lowest BCUT2D eigenvalue weighted by Crippen LogP contribution is -2.23. The highest BCUT2D eigenvalue weighted by atomic mass is 32.2. The molecule has 0 unspecified atom stereocenters. The van der Waals surface area contributed by atoms with Crippen LogP contribution in [0, 0.1) is 5.82 Å². The summed E-state index contributed by atoms with van der Waals surface area (Å²) < 4.78 is 17.9. The maximum atomic E-state index is 12.9. The Morgan fingerprint density at radius 1 is 0.848 bits per heavy atom. The van der Waals surface area contributed by atoms with Crippen molar-refractivity contribution >= 4 is 40.9 Å². The summed E-state index contributed by atoms with van der Waals surface area (Å²) in [6, 6.07) is 17.0. The van der Waals surface area contributed by atoms with Gasteiger partial charge < -0.3 is 10.1 Å². The van der Waals surface area contributed by atoms with E-state index in [2.05, 4.69) is 5.32 Å². The predicted octanol–water partition coefficient (Wildman–Crippen LogP) is 4.27. The minimum Gasteiger partial charge on any atom is -0.456 e. The normalized spacial score (nSPS) is 12.0. The van der Waals surface area contributed by atoms with Crippen LogP contribution < -0.4 is 5.32 Å². The van der Waals surface area contributed by atoms with Crippen LogP contribution in [0.2, 0.25) is 0 Å². The first kappa shape index (κ1) is 22.4. The van der Waals surface area contributed by atoms with Crippen LogP contribution >= 0.6 is 11.8 Å². The third-order valence-electron chi connectivity index (χ3n) is 4.96. The van der Waals surface area contributed by atoms with Crippen molar-refractivity contribution in [3.63, 3.8) is 0 Å². The molecule has 0 aromatic heterocycles. The number of ketones is 2. The van der Waals surface area contributed by atoms with Gasteiger partial charge in [-0.1, -0.05) is 24.3 Å². The van der Waals surface area contributed by atoms with E-state index in [0.29, 0.717) is 22.6 Å². The molecular weight excluding hydrogens is 445 g/mol. The number of halogens is 1. The van der Waals surface area contributed by atoms with E-state index < -0.39 is 18.5 Å². The number of carbonyl (C=O) groups excluding carboxylic acids is 4. The van der Waals surface area contributed by atoms with Gasteiger partial charge in [0.15, 0.2) is 18.2 Å². The highest BCUT2D eigenvalue weighted by Gasteiger charge is 2.29. The van der Waals surface area contributed by atoms with Crippen LogP contribution in [-0.2, 0) is 14.3 Å². The molecule has 1 aliphatic rings. The molecule has 0 saturated heterocycles. The van der Waals surface area contributed by atoms with Crippen LogP contribution in [0.5, 0.6) is 0 Å². The molecule has 3 aromatic rings. The first-order valence-electron chi connectivity index (χ1n) is 10.1. The highest BCUT2D eigenvalue weighted by molar-refractivity contribution is 7.99. The maximum absolute atomic E-state index is 12.9. The number of anilines is 1. The lowest BCUT2D eigenvalue weighted by molar-refractivity contribution is -0.146. The first-order valence-corrected chi connectivity index (χ1v) is 11.1. The second-order valence-corrected chi connectivity index (χ2v) is 8.39. The molecule has 166 valence electrons. The van der Waals surface area contributed by atoms with Gasteiger partial charge in [-0.2, -0.15) is 0 Å². The zero-order chi connectivity index (χ0) is 23.4. The van der Waals surface area contributed by atoms with Crippen LogP contribution in [0.1, 0.15) is 38.3 Å². The number of rotatable bonds is 7. The number of carbonyl (C=O) groups is 4. The van der Waals surface area contributed by atoms with Gasteiger partial charge in [0, 0.05) is 38.6 Å². The van der Waals surface area contributed by atoms with Crippen LogP contribution in [-0.4, -0.2) is 35.8 Å². The third kappa shape index (κ3) is 5.18. The lowest BCUT2D eigenvalue weighted by atomic mass is 9.84. The van der Waals surface area contributed by atoms with Crippen LogP contribution in [0.3, 0.4) is 0 Å². The number of hydrogen-bond acceptors (Lipinski definition) is 6. The molecule has 0 heterocycles. The van der Waals surface area contributed by atoms with E-state index in [-0.39, 0.29) is 34.9 Å². The highest BCUT2D eigenvalue weighted by Crippen LogP contribution is 2.29. The van der Waals surface area contributed by atoms with E-state index in [9.17, 15) is 23.6 Å². The molecule has 8 heteroatoms. The fourth-order valence-corrected chi connectivity index (χ4v) is 4.21. The number of hydrogen-bond donors (Lipinski definition) is 1. The minimum atomic E-state index is -0.565. The Bertz CT molecular complexity index is 1260.